The number of benzene rings is 2. The van der Waals surface area contributed by atoms with E-state index in [2.05, 4.69) is 10.3 Å². The number of rotatable bonds is 7. The molecule has 1 atom stereocenters. The molecule has 2 aromatic carbocycles. The third kappa shape index (κ3) is 4.36. The van der Waals surface area contributed by atoms with Gasteiger partial charge in [0.1, 0.15) is 0 Å². The molecule has 0 fully saturated rings. The number of hydrogen-bond donors (Lipinski definition) is 1. The molecule has 3 aromatic rings. The van der Waals surface area contributed by atoms with Crippen molar-refractivity contribution in [2.45, 2.75) is 37.7 Å². The van der Waals surface area contributed by atoms with Crippen molar-refractivity contribution < 1.29 is 14.3 Å². The Morgan fingerprint density at radius 1 is 1.18 bits per heavy atom. The summed E-state index contributed by atoms with van der Waals surface area (Å²) in [6.45, 7) is 6.70. The molecule has 1 amide bonds. The van der Waals surface area contributed by atoms with Crippen LogP contribution in [0.1, 0.15) is 31.1 Å². The minimum absolute atomic E-state index is 0.0851. The Kier molecular flexibility index (Phi) is 6.36. The molecule has 1 N–H and O–H groups in total. The Balaban J connectivity index is 1.81. The number of nitrogens with zero attached hydrogens (tertiary/aromatic N) is 2. The van der Waals surface area contributed by atoms with Crippen LogP contribution >= 0.6 is 11.8 Å². The number of carbonyl (C=O) groups excluding carboxylic acids is 2. The summed E-state index contributed by atoms with van der Waals surface area (Å²) >= 11 is 1.40. The van der Waals surface area contributed by atoms with Gasteiger partial charge in [0.05, 0.1) is 28.5 Å². The normalized spacial score (nSPS) is 12.0. The summed E-state index contributed by atoms with van der Waals surface area (Å²) < 4.78 is 7.10. The molecule has 0 bridgehead atoms. The lowest BCUT2D eigenvalue weighted by Gasteiger charge is -2.12. The summed E-state index contributed by atoms with van der Waals surface area (Å²) in [6, 6.07) is 14.7. The van der Waals surface area contributed by atoms with Gasteiger partial charge in [0.15, 0.2) is 5.16 Å². The van der Waals surface area contributed by atoms with Crippen LogP contribution < -0.4 is 5.32 Å². The zero-order valence-corrected chi connectivity index (χ0v) is 17.0. The van der Waals surface area contributed by atoms with E-state index in [0.717, 1.165) is 16.4 Å². The number of esters is 1. The smallest absolute Gasteiger partial charge is 0.338 e. The van der Waals surface area contributed by atoms with Crippen LogP contribution in [0.4, 0.5) is 5.69 Å². The van der Waals surface area contributed by atoms with Gasteiger partial charge in [-0.1, -0.05) is 30.0 Å². The number of carbonyl (C=O) groups is 2. The van der Waals surface area contributed by atoms with Gasteiger partial charge >= 0.3 is 5.97 Å². The highest BCUT2D eigenvalue weighted by molar-refractivity contribution is 8.00. The Labute approximate surface area is 168 Å². The molecule has 28 heavy (non-hydrogen) atoms. The van der Waals surface area contributed by atoms with E-state index in [0.29, 0.717) is 24.2 Å². The van der Waals surface area contributed by atoms with Crippen molar-refractivity contribution in [3.05, 3.63) is 54.1 Å². The van der Waals surface area contributed by atoms with Gasteiger partial charge in [-0.25, -0.2) is 9.78 Å². The predicted molar refractivity (Wildman–Crippen MR) is 112 cm³/mol. The number of hydrogen-bond acceptors (Lipinski definition) is 5. The molecule has 0 saturated heterocycles. The number of fused-ring (bicyclic) bond motifs is 1. The van der Waals surface area contributed by atoms with E-state index < -0.39 is 0 Å². The number of ether oxygens (including phenoxy) is 1. The maximum atomic E-state index is 12.5. The highest BCUT2D eigenvalue weighted by Gasteiger charge is 2.20. The van der Waals surface area contributed by atoms with E-state index in [1.54, 1.807) is 19.1 Å². The van der Waals surface area contributed by atoms with Crippen LogP contribution in [-0.4, -0.2) is 33.3 Å². The molecule has 0 unspecified atom stereocenters. The SMILES string of the molecule is CCOC(=O)c1ccc2c(c1)nc(S[C@H](C)C(=O)Nc1ccccc1)n2CC. The van der Waals surface area contributed by atoms with E-state index in [-0.39, 0.29) is 17.1 Å². The molecular formula is C21H23N3O3S. The van der Waals surface area contributed by atoms with Gasteiger partial charge in [-0.05, 0) is 51.1 Å². The largest absolute Gasteiger partial charge is 0.462 e. The van der Waals surface area contributed by atoms with Crippen LogP contribution in [0.2, 0.25) is 0 Å². The third-order valence-corrected chi connectivity index (χ3v) is 5.32. The number of aromatic nitrogens is 2. The van der Waals surface area contributed by atoms with E-state index in [9.17, 15) is 9.59 Å². The molecule has 0 aliphatic heterocycles. The fraction of sp³-hybridized carbons (Fsp3) is 0.286. The highest BCUT2D eigenvalue weighted by atomic mass is 32.2. The second-order valence-corrected chi connectivity index (χ2v) is 7.49. The molecule has 146 valence electrons. The first-order chi connectivity index (χ1) is 13.5. The summed E-state index contributed by atoms with van der Waals surface area (Å²) in [5.41, 5.74) is 2.88. The molecule has 0 radical (unpaired) electrons. The highest BCUT2D eigenvalue weighted by Crippen LogP contribution is 2.28. The zero-order chi connectivity index (χ0) is 20.1. The average molecular weight is 398 g/mol. The van der Waals surface area contributed by atoms with Crippen LogP contribution in [0.5, 0.6) is 0 Å². The minimum atomic E-state index is -0.361. The van der Waals surface area contributed by atoms with Gasteiger partial charge in [0.2, 0.25) is 5.91 Å². The molecule has 7 heteroatoms. The predicted octanol–water partition coefficient (Wildman–Crippen LogP) is 4.35. The first kappa shape index (κ1) is 19.9. The quantitative estimate of drug-likeness (QED) is 0.474. The first-order valence-electron chi connectivity index (χ1n) is 9.23. The van der Waals surface area contributed by atoms with Crippen LogP contribution in [0.3, 0.4) is 0 Å². The monoisotopic (exact) mass is 397 g/mol. The van der Waals surface area contributed by atoms with E-state index in [1.165, 1.54) is 11.8 Å². The third-order valence-electron chi connectivity index (χ3n) is 4.23. The van der Waals surface area contributed by atoms with Crippen LogP contribution in [0, 0.1) is 0 Å². The van der Waals surface area contributed by atoms with Gasteiger partial charge < -0.3 is 14.6 Å². The summed E-state index contributed by atoms with van der Waals surface area (Å²) in [5, 5.41) is 3.33. The zero-order valence-electron chi connectivity index (χ0n) is 16.1. The summed E-state index contributed by atoms with van der Waals surface area (Å²) in [4.78, 5) is 29.1. The standard InChI is InChI=1S/C21H23N3O3S/c1-4-24-18-12-11-15(20(26)27-5-2)13-17(18)23-21(24)28-14(3)19(25)22-16-9-7-6-8-10-16/h6-14H,4-5H2,1-3H3,(H,22,25)/t14-/m1/s1. The molecule has 3 rings (SSSR count). The van der Waals surface area contributed by atoms with Gasteiger partial charge in [-0.3, -0.25) is 4.79 Å². The minimum Gasteiger partial charge on any atom is -0.462 e. The number of thioether (sulfide) groups is 1. The molecular weight excluding hydrogens is 374 g/mol. The Morgan fingerprint density at radius 2 is 1.93 bits per heavy atom. The Hall–Kier alpha value is -2.80. The molecule has 1 heterocycles. The lowest BCUT2D eigenvalue weighted by molar-refractivity contribution is -0.115. The molecule has 0 saturated carbocycles. The van der Waals surface area contributed by atoms with E-state index in [4.69, 9.17) is 4.74 Å². The molecule has 0 aliphatic carbocycles. The Morgan fingerprint density at radius 3 is 2.61 bits per heavy atom. The average Bonchev–Trinajstić information content (AvgIpc) is 3.04. The van der Waals surface area contributed by atoms with Crippen LogP contribution in [0.25, 0.3) is 11.0 Å². The number of amides is 1. The van der Waals surface area contributed by atoms with Crippen molar-refractivity contribution in [3.8, 4) is 0 Å². The number of nitrogens with one attached hydrogen (secondary N) is 1. The maximum absolute atomic E-state index is 12.5. The molecule has 0 spiro atoms. The Bertz CT molecular complexity index is 985. The topological polar surface area (TPSA) is 73.2 Å². The van der Waals surface area contributed by atoms with Crippen molar-refractivity contribution in [3.63, 3.8) is 0 Å². The summed E-state index contributed by atoms with van der Waals surface area (Å²) in [5.74, 6) is -0.446. The maximum Gasteiger partial charge on any atom is 0.338 e. The van der Waals surface area contributed by atoms with E-state index >= 15 is 0 Å². The number of anilines is 1. The molecule has 0 aliphatic rings. The van der Waals surface area contributed by atoms with Gasteiger partial charge in [0, 0.05) is 12.2 Å². The number of aryl methyl sites for hydroxylation is 1. The molecule has 6 nitrogen and oxygen atoms in total. The molecule has 1 aromatic heterocycles. The first-order valence-corrected chi connectivity index (χ1v) is 10.1. The van der Waals surface area contributed by atoms with Crippen molar-refractivity contribution in [1.29, 1.82) is 0 Å². The fourth-order valence-corrected chi connectivity index (χ4v) is 3.81. The van der Waals surface area contributed by atoms with Crippen LogP contribution in [0.15, 0.2) is 53.7 Å². The number of para-hydroxylation sites is 1. The van der Waals surface area contributed by atoms with E-state index in [1.807, 2.05) is 54.8 Å². The van der Waals surface area contributed by atoms with Gasteiger partial charge in [-0.2, -0.15) is 0 Å². The van der Waals surface area contributed by atoms with Gasteiger partial charge in [0.25, 0.3) is 0 Å². The summed E-state index contributed by atoms with van der Waals surface area (Å²) in [6.07, 6.45) is 0. The van der Waals surface area contributed by atoms with Crippen molar-refractivity contribution in [2.75, 3.05) is 11.9 Å². The summed E-state index contributed by atoms with van der Waals surface area (Å²) in [7, 11) is 0. The van der Waals surface area contributed by atoms with Crippen molar-refractivity contribution in [1.82, 2.24) is 9.55 Å². The number of imidazole rings is 1. The van der Waals surface area contributed by atoms with Crippen LogP contribution in [-0.2, 0) is 16.1 Å². The van der Waals surface area contributed by atoms with Crippen molar-refractivity contribution >= 4 is 40.4 Å². The second kappa shape index (κ2) is 8.93. The lowest BCUT2D eigenvalue weighted by Crippen LogP contribution is -2.22. The second-order valence-electron chi connectivity index (χ2n) is 6.18. The fourth-order valence-electron chi connectivity index (χ4n) is 2.82. The lowest BCUT2D eigenvalue weighted by atomic mass is 10.2. The van der Waals surface area contributed by atoms with Crippen molar-refractivity contribution in [2.24, 2.45) is 0 Å². The van der Waals surface area contributed by atoms with Gasteiger partial charge in [-0.15, -0.1) is 0 Å².